The number of fused-ring (bicyclic) bond motifs is 1. The van der Waals surface area contributed by atoms with Crippen molar-refractivity contribution in [2.24, 2.45) is 0 Å². The topological polar surface area (TPSA) is 136 Å². The van der Waals surface area contributed by atoms with Crippen molar-refractivity contribution < 1.29 is 4.79 Å². The number of carbonyl (C=O) groups excluding carboxylic acids is 1. The van der Waals surface area contributed by atoms with Gasteiger partial charge in [0, 0.05) is 18.2 Å². The van der Waals surface area contributed by atoms with E-state index in [9.17, 15) is 14.4 Å². The molecular formula is C13H12N6O3. The summed E-state index contributed by atoms with van der Waals surface area (Å²) in [6.07, 6.45) is 0.156. The van der Waals surface area contributed by atoms with Gasteiger partial charge >= 0.3 is 5.69 Å². The lowest BCUT2D eigenvalue weighted by Crippen LogP contribution is -2.28. The van der Waals surface area contributed by atoms with Crippen molar-refractivity contribution in [1.29, 1.82) is 0 Å². The predicted octanol–water partition coefficient (Wildman–Crippen LogP) is -0.0942. The Morgan fingerprint density at radius 3 is 2.77 bits per heavy atom. The number of aromatic nitrogens is 5. The summed E-state index contributed by atoms with van der Waals surface area (Å²) in [6, 6.07) is 7.39. The molecule has 3 rings (SSSR count). The van der Waals surface area contributed by atoms with Gasteiger partial charge in [0.2, 0.25) is 5.91 Å². The number of nitrogens with one attached hydrogen (secondary N) is 4. The van der Waals surface area contributed by atoms with Crippen LogP contribution in [0.1, 0.15) is 12.1 Å². The molecule has 0 radical (unpaired) electrons. The van der Waals surface area contributed by atoms with Crippen molar-refractivity contribution >= 4 is 22.6 Å². The molecule has 0 atom stereocenters. The maximum atomic E-state index is 11.9. The van der Waals surface area contributed by atoms with Crippen LogP contribution in [0.4, 0.5) is 5.82 Å². The molecule has 4 N–H and O–H groups in total. The standard InChI is InChI=1S/C13H12N6O3/c20-10(6-5-9-12(21)15-13(22)19-17-9)14-11-7-3-1-2-4-8(7)16-18-11/h1-4H,5-6H2,(H2,14,16,18,20)(H2,15,19,21,22). The zero-order chi connectivity index (χ0) is 15.5. The van der Waals surface area contributed by atoms with Crippen molar-refractivity contribution in [2.75, 3.05) is 5.32 Å². The first kappa shape index (κ1) is 13.7. The number of hydrogen-bond acceptors (Lipinski definition) is 5. The Morgan fingerprint density at radius 2 is 1.95 bits per heavy atom. The number of aryl methyl sites for hydroxylation is 1. The van der Waals surface area contributed by atoms with Gasteiger partial charge in [-0.25, -0.2) is 9.89 Å². The average molecular weight is 300 g/mol. The first-order chi connectivity index (χ1) is 10.6. The summed E-state index contributed by atoms with van der Waals surface area (Å²) in [4.78, 5) is 36.3. The monoisotopic (exact) mass is 300 g/mol. The summed E-state index contributed by atoms with van der Waals surface area (Å²) in [5, 5.41) is 16.1. The molecule has 1 amide bonds. The highest BCUT2D eigenvalue weighted by molar-refractivity contribution is 5.99. The maximum Gasteiger partial charge on any atom is 0.342 e. The minimum Gasteiger partial charge on any atom is -0.309 e. The van der Waals surface area contributed by atoms with Crippen molar-refractivity contribution in [3.05, 3.63) is 50.8 Å². The van der Waals surface area contributed by atoms with Crippen LogP contribution in [0.5, 0.6) is 0 Å². The van der Waals surface area contributed by atoms with Gasteiger partial charge in [0.05, 0.1) is 5.52 Å². The third-order valence-corrected chi connectivity index (χ3v) is 3.10. The van der Waals surface area contributed by atoms with Crippen LogP contribution in [0.25, 0.3) is 10.9 Å². The molecule has 9 heteroatoms. The quantitative estimate of drug-likeness (QED) is 0.533. The largest absolute Gasteiger partial charge is 0.342 e. The van der Waals surface area contributed by atoms with E-state index in [1.165, 1.54) is 0 Å². The Labute approximate surface area is 122 Å². The van der Waals surface area contributed by atoms with E-state index in [0.717, 1.165) is 10.9 Å². The molecule has 0 bridgehead atoms. The number of nitrogens with zero attached hydrogens (tertiary/aromatic N) is 2. The minimum atomic E-state index is -0.679. The van der Waals surface area contributed by atoms with E-state index in [0.29, 0.717) is 5.82 Å². The van der Waals surface area contributed by atoms with E-state index in [1.54, 1.807) is 0 Å². The number of anilines is 1. The van der Waals surface area contributed by atoms with Gasteiger partial charge in [0.1, 0.15) is 5.69 Å². The lowest BCUT2D eigenvalue weighted by molar-refractivity contribution is -0.116. The van der Waals surface area contributed by atoms with Gasteiger partial charge in [0.25, 0.3) is 5.56 Å². The average Bonchev–Trinajstić information content (AvgIpc) is 2.90. The van der Waals surface area contributed by atoms with Crippen LogP contribution in [0.3, 0.4) is 0 Å². The Balaban J connectivity index is 1.68. The predicted molar refractivity (Wildman–Crippen MR) is 78.5 cm³/mol. The fourth-order valence-corrected chi connectivity index (χ4v) is 2.03. The molecule has 0 aliphatic heterocycles. The highest BCUT2D eigenvalue weighted by Crippen LogP contribution is 2.19. The van der Waals surface area contributed by atoms with Crippen molar-refractivity contribution in [1.82, 2.24) is 25.4 Å². The Kier molecular flexibility index (Phi) is 3.52. The van der Waals surface area contributed by atoms with Crippen LogP contribution in [0, 0.1) is 0 Å². The van der Waals surface area contributed by atoms with Gasteiger partial charge in [-0.3, -0.25) is 19.7 Å². The molecule has 112 valence electrons. The second-order valence-corrected chi connectivity index (χ2v) is 4.62. The van der Waals surface area contributed by atoms with Crippen LogP contribution in [0.2, 0.25) is 0 Å². The van der Waals surface area contributed by atoms with Gasteiger partial charge in [-0.2, -0.15) is 10.2 Å². The minimum absolute atomic E-state index is 0.0450. The first-order valence-corrected chi connectivity index (χ1v) is 6.54. The zero-order valence-electron chi connectivity index (χ0n) is 11.3. The molecule has 9 nitrogen and oxygen atoms in total. The molecule has 0 aliphatic rings. The number of para-hydroxylation sites is 1. The molecular weight excluding hydrogens is 288 g/mol. The summed E-state index contributed by atoms with van der Waals surface area (Å²) in [5.41, 5.74) is -0.360. The fraction of sp³-hybridized carbons (Fsp3) is 0.154. The van der Waals surface area contributed by atoms with Gasteiger partial charge in [-0.05, 0) is 12.1 Å². The SMILES string of the molecule is O=C(CCc1n[nH]c(=O)[nH]c1=O)Nc1n[nH]c2ccccc12. The fourth-order valence-electron chi connectivity index (χ4n) is 2.03. The molecule has 2 aromatic heterocycles. The first-order valence-electron chi connectivity index (χ1n) is 6.54. The van der Waals surface area contributed by atoms with Gasteiger partial charge in [0.15, 0.2) is 5.82 Å². The van der Waals surface area contributed by atoms with Crippen LogP contribution >= 0.6 is 0 Å². The Morgan fingerprint density at radius 1 is 1.14 bits per heavy atom. The number of aromatic amines is 3. The Bertz CT molecular complexity index is 938. The maximum absolute atomic E-state index is 11.9. The molecule has 0 aliphatic carbocycles. The third kappa shape index (κ3) is 2.77. The summed E-state index contributed by atoms with van der Waals surface area (Å²) >= 11 is 0. The number of benzene rings is 1. The summed E-state index contributed by atoms with van der Waals surface area (Å²) < 4.78 is 0. The van der Waals surface area contributed by atoms with E-state index in [2.05, 4.69) is 30.7 Å². The molecule has 0 fully saturated rings. The zero-order valence-corrected chi connectivity index (χ0v) is 11.3. The molecule has 1 aromatic carbocycles. The summed E-state index contributed by atoms with van der Waals surface area (Å²) in [6.45, 7) is 0. The van der Waals surface area contributed by atoms with Gasteiger partial charge in [-0.15, -0.1) is 0 Å². The smallest absolute Gasteiger partial charge is 0.309 e. The Hall–Kier alpha value is -3.23. The molecule has 2 heterocycles. The number of rotatable bonds is 4. The number of amides is 1. The highest BCUT2D eigenvalue weighted by atomic mass is 16.2. The van der Waals surface area contributed by atoms with E-state index >= 15 is 0 Å². The van der Waals surface area contributed by atoms with Crippen molar-refractivity contribution in [3.63, 3.8) is 0 Å². The van der Waals surface area contributed by atoms with E-state index in [-0.39, 0.29) is 24.4 Å². The summed E-state index contributed by atoms with van der Waals surface area (Å²) in [5.74, 6) is 0.133. The number of carbonyl (C=O) groups is 1. The molecule has 0 saturated heterocycles. The number of hydrogen-bond donors (Lipinski definition) is 4. The van der Waals surface area contributed by atoms with Crippen LogP contribution in [-0.2, 0) is 11.2 Å². The van der Waals surface area contributed by atoms with Crippen LogP contribution < -0.4 is 16.6 Å². The van der Waals surface area contributed by atoms with Crippen molar-refractivity contribution in [2.45, 2.75) is 12.8 Å². The number of H-pyrrole nitrogens is 3. The van der Waals surface area contributed by atoms with E-state index in [1.807, 2.05) is 24.3 Å². The van der Waals surface area contributed by atoms with E-state index < -0.39 is 11.2 Å². The second kappa shape index (κ2) is 5.64. The molecule has 22 heavy (non-hydrogen) atoms. The van der Waals surface area contributed by atoms with Crippen molar-refractivity contribution in [3.8, 4) is 0 Å². The normalized spacial score (nSPS) is 10.7. The van der Waals surface area contributed by atoms with Gasteiger partial charge in [-0.1, -0.05) is 12.1 Å². The molecule has 0 saturated carbocycles. The third-order valence-electron chi connectivity index (χ3n) is 3.10. The molecule has 0 unspecified atom stereocenters. The highest BCUT2D eigenvalue weighted by Gasteiger charge is 2.11. The molecule has 0 spiro atoms. The second-order valence-electron chi connectivity index (χ2n) is 4.62. The lowest BCUT2D eigenvalue weighted by Gasteiger charge is -2.02. The molecule has 3 aromatic rings. The lowest BCUT2D eigenvalue weighted by atomic mass is 10.2. The van der Waals surface area contributed by atoms with E-state index in [4.69, 9.17) is 0 Å². The van der Waals surface area contributed by atoms with Crippen LogP contribution in [-0.4, -0.2) is 31.3 Å². The van der Waals surface area contributed by atoms with Gasteiger partial charge < -0.3 is 5.32 Å². The summed E-state index contributed by atoms with van der Waals surface area (Å²) in [7, 11) is 0. The van der Waals surface area contributed by atoms with Crippen LogP contribution in [0.15, 0.2) is 33.9 Å².